The van der Waals surface area contributed by atoms with E-state index < -0.39 is 0 Å². The molecule has 1 aromatic carbocycles. The molecular weight excluding hydrogens is 350 g/mol. The van der Waals surface area contributed by atoms with Gasteiger partial charge in [-0.05, 0) is 71.9 Å². The van der Waals surface area contributed by atoms with E-state index in [9.17, 15) is 4.79 Å². The zero-order valence-electron chi connectivity index (χ0n) is 14.7. The molecule has 3 aliphatic rings. The molecule has 4 atom stereocenters. The zero-order valence-corrected chi connectivity index (χ0v) is 16.3. The number of halogens is 1. The van der Waals surface area contributed by atoms with Crippen LogP contribution in [0.15, 0.2) is 51.4 Å². The van der Waals surface area contributed by atoms with Crippen LogP contribution in [0.25, 0.3) is 0 Å². The van der Waals surface area contributed by atoms with Crippen LogP contribution in [-0.4, -0.2) is 11.8 Å². The molecule has 0 aromatic heterocycles. The molecular formula is C21H24ClNOS. The summed E-state index contributed by atoms with van der Waals surface area (Å²) in [5, 5.41) is 4.53. The van der Waals surface area contributed by atoms with Gasteiger partial charge in [-0.1, -0.05) is 37.2 Å². The SMILES string of the molecule is CC1C(=O)CCC2[C@H]1NC1=C(C=C(Sc3ccc(Cl)cc3)CC1)[C@H]2C. The minimum atomic E-state index is 0.143. The molecule has 0 amide bonds. The fraction of sp³-hybridized carbons (Fsp3) is 0.476. The van der Waals surface area contributed by atoms with Crippen LogP contribution in [0.5, 0.6) is 0 Å². The second-order valence-corrected chi connectivity index (χ2v) is 9.15. The van der Waals surface area contributed by atoms with Gasteiger partial charge in [-0.3, -0.25) is 4.79 Å². The van der Waals surface area contributed by atoms with E-state index in [1.807, 2.05) is 23.9 Å². The molecule has 0 radical (unpaired) electrons. The number of allylic oxidation sites excluding steroid dienone is 4. The largest absolute Gasteiger partial charge is 0.384 e. The third-order valence-corrected chi connectivity index (χ3v) is 7.40. The molecule has 132 valence electrons. The van der Waals surface area contributed by atoms with E-state index in [0.717, 1.165) is 30.7 Å². The first-order valence-electron chi connectivity index (χ1n) is 9.19. The fourth-order valence-electron chi connectivity index (χ4n) is 4.53. The molecule has 4 heteroatoms. The van der Waals surface area contributed by atoms with Gasteiger partial charge in [0.05, 0.1) is 0 Å². The van der Waals surface area contributed by atoms with Crippen LogP contribution in [0.1, 0.15) is 39.5 Å². The Morgan fingerprint density at radius 2 is 1.84 bits per heavy atom. The van der Waals surface area contributed by atoms with Crippen molar-refractivity contribution < 1.29 is 4.79 Å². The first-order valence-corrected chi connectivity index (χ1v) is 10.4. The third kappa shape index (κ3) is 3.29. The predicted molar refractivity (Wildman–Crippen MR) is 105 cm³/mol. The Morgan fingerprint density at radius 3 is 2.60 bits per heavy atom. The summed E-state index contributed by atoms with van der Waals surface area (Å²) < 4.78 is 0. The van der Waals surface area contributed by atoms with E-state index in [1.54, 1.807) is 0 Å². The number of nitrogens with one attached hydrogen (secondary N) is 1. The summed E-state index contributed by atoms with van der Waals surface area (Å²) in [5.74, 6) is 1.67. The van der Waals surface area contributed by atoms with Crippen molar-refractivity contribution in [1.82, 2.24) is 5.32 Å². The van der Waals surface area contributed by atoms with Crippen molar-refractivity contribution in [3.63, 3.8) is 0 Å². The molecule has 1 saturated carbocycles. The van der Waals surface area contributed by atoms with Crippen molar-refractivity contribution >= 4 is 29.1 Å². The quantitative estimate of drug-likeness (QED) is 0.732. The van der Waals surface area contributed by atoms with Crippen molar-refractivity contribution in [3.05, 3.63) is 51.5 Å². The Balaban J connectivity index is 1.57. The van der Waals surface area contributed by atoms with Gasteiger partial charge in [0.1, 0.15) is 5.78 Å². The Morgan fingerprint density at radius 1 is 1.08 bits per heavy atom. The molecule has 2 nitrogen and oxygen atoms in total. The fourth-order valence-corrected chi connectivity index (χ4v) is 5.62. The highest BCUT2D eigenvalue weighted by atomic mass is 35.5. The topological polar surface area (TPSA) is 29.1 Å². The Bertz CT molecular complexity index is 752. The predicted octanol–water partition coefficient (Wildman–Crippen LogP) is 5.59. The Kier molecular flexibility index (Phi) is 4.72. The van der Waals surface area contributed by atoms with Gasteiger partial charge in [-0.15, -0.1) is 0 Å². The van der Waals surface area contributed by atoms with Crippen LogP contribution in [0.4, 0.5) is 0 Å². The van der Waals surface area contributed by atoms with E-state index >= 15 is 0 Å². The second kappa shape index (κ2) is 6.85. The van der Waals surface area contributed by atoms with Gasteiger partial charge < -0.3 is 5.32 Å². The summed E-state index contributed by atoms with van der Waals surface area (Å²) in [6.07, 6.45) is 6.27. The molecule has 1 heterocycles. The molecule has 0 spiro atoms. The number of fused-ring (bicyclic) bond motifs is 1. The van der Waals surface area contributed by atoms with Crippen LogP contribution in [0.3, 0.4) is 0 Å². The zero-order chi connectivity index (χ0) is 17.6. The highest BCUT2D eigenvalue weighted by Crippen LogP contribution is 2.45. The lowest BCUT2D eigenvalue weighted by Crippen LogP contribution is -2.52. The average molecular weight is 374 g/mol. The number of benzene rings is 1. The third-order valence-electron chi connectivity index (χ3n) is 6.05. The number of ketones is 1. The summed E-state index contributed by atoms with van der Waals surface area (Å²) in [6, 6.07) is 8.41. The molecule has 0 saturated heterocycles. The standard InChI is InChI=1S/C21H24ClNOS/c1-12-17-8-10-20(24)13(2)21(17)23-19-9-7-16(11-18(12)19)25-15-5-3-14(22)4-6-15/h3-6,11-13,17,21,23H,7-10H2,1-2H3/t12-,13?,17?,21-/m0/s1. The first-order chi connectivity index (χ1) is 12.0. The van der Waals surface area contributed by atoms with E-state index in [1.165, 1.54) is 21.1 Å². The van der Waals surface area contributed by atoms with Gasteiger partial charge >= 0.3 is 0 Å². The second-order valence-electron chi connectivity index (χ2n) is 7.52. The molecule has 1 N–H and O–H groups in total. The van der Waals surface area contributed by atoms with Gasteiger partial charge in [0.15, 0.2) is 0 Å². The summed E-state index contributed by atoms with van der Waals surface area (Å²) in [4.78, 5) is 14.8. The smallest absolute Gasteiger partial charge is 0.137 e. The maximum absolute atomic E-state index is 12.1. The average Bonchev–Trinajstić information content (AvgIpc) is 2.61. The van der Waals surface area contributed by atoms with Crippen LogP contribution in [-0.2, 0) is 4.79 Å². The van der Waals surface area contributed by atoms with Gasteiger partial charge in [-0.2, -0.15) is 0 Å². The summed E-state index contributed by atoms with van der Waals surface area (Å²) in [6.45, 7) is 4.45. The van der Waals surface area contributed by atoms with Crippen LogP contribution in [0, 0.1) is 17.8 Å². The van der Waals surface area contributed by atoms with Gasteiger partial charge in [0.25, 0.3) is 0 Å². The van der Waals surface area contributed by atoms with Gasteiger partial charge in [0.2, 0.25) is 0 Å². The highest BCUT2D eigenvalue weighted by molar-refractivity contribution is 8.03. The summed E-state index contributed by atoms with van der Waals surface area (Å²) >= 11 is 7.84. The first kappa shape index (κ1) is 17.2. The molecule has 1 aliphatic heterocycles. The molecule has 2 unspecified atom stereocenters. The number of carbonyl (C=O) groups excluding carboxylic acids is 1. The number of hydrogen-bond donors (Lipinski definition) is 1. The molecule has 0 bridgehead atoms. The van der Waals surface area contributed by atoms with Crippen molar-refractivity contribution in [2.75, 3.05) is 0 Å². The normalized spacial score (nSPS) is 31.8. The maximum Gasteiger partial charge on any atom is 0.137 e. The van der Waals surface area contributed by atoms with Gasteiger partial charge in [-0.25, -0.2) is 0 Å². The maximum atomic E-state index is 12.1. The number of hydrogen-bond acceptors (Lipinski definition) is 3. The minimum Gasteiger partial charge on any atom is -0.384 e. The van der Waals surface area contributed by atoms with E-state index in [-0.39, 0.29) is 5.92 Å². The Hall–Kier alpha value is -1.19. The lowest BCUT2D eigenvalue weighted by molar-refractivity contribution is -0.126. The lowest BCUT2D eigenvalue weighted by Gasteiger charge is -2.46. The molecule has 1 aromatic rings. The Labute approximate surface area is 159 Å². The number of rotatable bonds is 2. The van der Waals surface area contributed by atoms with E-state index in [4.69, 9.17) is 11.6 Å². The number of carbonyl (C=O) groups is 1. The van der Waals surface area contributed by atoms with Crippen molar-refractivity contribution in [2.45, 2.75) is 50.5 Å². The number of thioether (sulfide) groups is 1. The lowest BCUT2D eigenvalue weighted by atomic mass is 9.66. The van der Waals surface area contributed by atoms with Crippen molar-refractivity contribution in [1.29, 1.82) is 0 Å². The highest BCUT2D eigenvalue weighted by Gasteiger charge is 2.43. The van der Waals surface area contributed by atoms with Crippen LogP contribution >= 0.6 is 23.4 Å². The molecule has 1 fully saturated rings. The minimum absolute atomic E-state index is 0.143. The van der Waals surface area contributed by atoms with Gasteiger partial charge in [0, 0.05) is 34.0 Å². The molecule has 2 aliphatic carbocycles. The monoisotopic (exact) mass is 373 g/mol. The van der Waals surface area contributed by atoms with Crippen LogP contribution < -0.4 is 5.32 Å². The van der Waals surface area contributed by atoms with E-state index in [2.05, 4.69) is 37.4 Å². The van der Waals surface area contributed by atoms with Crippen molar-refractivity contribution in [2.24, 2.45) is 17.8 Å². The molecule has 4 rings (SSSR count). The summed E-state index contributed by atoms with van der Waals surface area (Å²) in [7, 11) is 0. The van der Waals surface area contributed by atoms with E-state index in [0.29, 0.717) is 23.7 Å². The summed E-state index contributed by atoms with van der Waals surface area (Å²) in [5.41, 5.74) is 2.83. The van der Waals surface area contributed by atoms with Crippen molar-refractivity contribution in [3.8, 4) is 0 Å². The number of Topliss-reactive ketones (excluding diaryl/α,β-unsaturated/α-hetero) is 1. The van der Waals surface area contributed by atoms with Crippen LogP contribution in [0.2, 0.25) is 5.02 Å². The molecule has 25 heavy (non-hydrogen) atoms.